The Kier molecular flexibility index (Phi) is 4.60. The summed E-state index contributed by atoms with van der Waals surface area (Å²) in [5.74, 6) is 0. The highest BCUT2D eigenvalue weighted by atomic mass is 79.9. The Hall–Kier alpha value is -0.550. The molecule has 1 aromatic heterocycles. The molecule has 0 aliphatic rings. The summed E-state index contributed by atoms with van der Waals surface area (Å²) in [4.78, 5) is 14.2. The van der Waals surface area contributed by atoms with Gasteiger partial charge >= 0.3 is 6.09 Å². The van der Waals surface area contributed by atoms with Gasteiger partial charge in [0.2, 0.25) is 0 Å². The number of hydrogen-bond acceptors (Lipinski definition) is 3. The first-order valence-corrected chi connectivity index (χ1v) is 6.31. The Morgan fingerprint density at radius 2 is 2.33 bits per heavy atom. The van der Waals surface area contributed by atoms with Crippen molar-refractivity contribution in [1.82, 2.24) is 4.90 Å². The minimum atomic E-state index is -0.283. The van der Waals surface area contributed by atoms with Crippen LogP contribution in [0, 0.1) is 0 Å². The zero-order valence-corrected chi connectivity index (χ0v) is 11.4. The first-order chi connectivity index (χ1) is 6.99. The van der Waals surface area contributed by atoms with Crippen LogP contribution in [-0.2, 0) is 11.3 Å². The Morgan fingerprint density at radius 1 is 1.67 bits per heavy atom. The van der Waals surface area contributed by atoms with Gasteiger partial charge in [0.25, 0.3) is 0 Å². The number of rotatable bonds is 3. The summed E-state index contributed by atoms with van der Waals surface area (Å²) in [6.45, 7) is 4.27. The molecule has 0 bridgehead atoms. The van der Waals surface area contributed by atoms with Crippen LogP contribution in [-0.4, -0.2) is 24.1 Å². The summed E-state index contributed by atoms with van der Waals surface area (Å²) in [6.07, 6.45) is -0.357. The summed E-state index contributed by atoms with van der Waals surface area (Å²) in [5, 5.41) is 2.00. The van der Waals surface area contributed by atoms with Crippen LogP contribution in [0.3, 0.4) is 0 Å². The molecule has 3 nitrogen and oxygen atoms in total. The number of halogens is 1. The van der Waals surface area contributed by atoms with Crippen molar-refractivity contribution in [3.05, 3.63) is 20.8 Å². The number of ether oxygens (including phenoxy) is 1. The van der Waals surface area contributed by atoms with E-state index in [1.54, 1.807) is 23.3 Å². The fourth-order valence-electron chi connectivity index (χ4n) is 1.03. The van der Waals surface area contributed by atoms with Crippen molar-refractivity contribution in [3.63, 3.8) is 0 Å². The van der Waals surface area contributed by atoms with Crippen LogP contribution >= 0.6 is 27.3 Å². The molecule has 1 rings (SSSR count). The van der Waals surface area contributed by atoms with E-state index < -0.39 is 0 Å². The third kappa shape index (κ3) is 4.22. The fourth-order valence-corrected chi connectivity index (χ4v) is 2.53. The molecule has 1 aromatic rings. The maximum Gasteiger partial charge on any atom is 0.410 e. The van der Waals surface area contributed by atoms with Gasteiger partial charge in [0, 0.05) is 21.8 Å². The molecule has 0 aliphatic carbocycles. The van der Waals surface area contributed by atoms with Crippen LogP contribution in [0.1, 0.15) is 18.7 Å². The summed E-state index contributed by atoms with van der Waals surface area (Å²) in [6, 6.07) is 2.00. The lowest BCUT2D eigenvalue weighted by Crippen LogP contribution is -2.28. The van der Waals surface area contributed by atoms with Gasteiger partial charge in [-0.15, -0.1) is 11.3 Å². The molecule has 1 heterocycles. The van der Waals surface area contributed by atoms with Crippen LogP contribution in [0.4, 0.5) is 4.79 Å². The quantitative estimate of drug-likeness (QED) is 0.853. The van der Waals surface area contributed by atoms with E-state index >= 15 is 0 Å². The average molecular weight is 292 g/mol. The highest BCUT2D eigenvalue weighted by Gasteiger charge is 2.12. The summed E-state index contributed by atoms with van der Waals surface area (Å²) < 4.78 is 6.12. The number of nitrogens with zero attached hydrogens (tertiary/aromatic N) is 1. The highest BCUT2D eigenvalue weighted by Crippen LogP contribution is 2.20. The Labute approximate surface area is 102 Å². The molecule has 0 spiro atoms. The molecule has 0 aromatic carbocycles. The minimum absolute atomic E-state index is 0.0741. The van der Waals surface area contributed by atoms with Crippen molar-refractivity contribution in [2.75, 3.05) is 7.05 Å². The Balaban J connectivity index is 2.48. The van der Waals surface area contributed by atoms with E-state index in [1.165, 1.54) is 0 Å². The molecule has 5 heteroatoms. The third-order valence-corrected chi connectivity index (χ3v) is 3.35. The first-order valence-electron chi connectivity index (χ1n) is 4.63. The lowest BCUT2D eigenvalue weighted by molar-refractivity contribution is 0.0825. The van der Waals surface area contributed by atoms with E-state index in [2.05, 4.69) is 15.9 Å². The third-order valence-electron chi connectivity index (χ3n) is 1.66. The minimum Gasteiger partial charge on any atom is -0.447 e. The smallest absolute Gasteiger partial charge is 0.410 e. The maximum atomic E-state index is 11.5. The summed E-state index contributed by atoms with van der Waals surface area (Å²) in [7, 11) is 1.73. The van der Waals surface area contributed by atoms with Crippen LogP contribution < -0.4 is 0 Å². The molecule has 0 unspecified atom stereocenters. The van der Waals surface area contributed by atoms with Gasteiger partial charge < -0.3 is 9.64 Å². The van der Waals surface area contributed by atoms with E-state index in [9.17, 15) is 4.79 Å². The lowest BCUT2D eigenvalue weighted by Gasteiger charge is -2.17. The zero-order valence-electron chi connectivity index (χ0n) is 8.99. The van der Waals surface area contributed by atoms with Crippen LogP contribution in [0.5, 0.6) is 0 Å². The molecule has 1 amide bonds. The van der Waals surface area contributed by atoms with E-state index in [1.807, 2.05) is 25.3 Å². The van der Waals surface area contributed by atoms with Crippen molar-refractivity contribution < 1.29 is 9.53 Å². The number of hydrogen-bond donors (Lipinski definition) is 0. The SMILES string of the molecule is CC(C)OC(=O)N(C)Cc1cc(Br)cs1. The molecule has 0 fully saturated rings. The van der Waals surface area contributed by atoms with Crippen molar-refractivity contribution in [2.24, 2.45) is 0 Å². The molecule has 0 aliphatic heterocycles. The number of thiophene rings is 1. The number of carbonyl (C=O) groups is 1. The van der Waals surface area contributed by atoms with Crippen molar-refractivity contribution in [1.29, 1.82) is 0 Å². The second-order valence-corrected chi connectivity index (χ2v) is 5.43. The largest absolute Gasteiger partial charge is 0.447 e. The van der Waals surface area contributed by atoms with Gasteiger partial charge in [-0.05, 0) is 35.8 Å². The molecule has 15 heavy (non-hydrogen) atoms. The molecular formula is C10H14BrNO2S. The molecule has 0 saturated heterocycles. The van der Waals surface area contributed by atoms with Gasteiger partial charge in [-0.2, -0.15) is 0 Å². The fraction of sp³-hybridized carbons (Fsp3) is 0.500. The highest BCUT2D eigenvalue weighted by molar-refractivity contribution is 9.10. The zero-order chi connectivity index (χ0) is 11.4. The molecule has 84 valence electrons. The van der Waals surface area contributed by atoms with Crippen molar-refractivity contribution >= 4 is 33.4 Å². The van der Waals surface area contributed by atoms with E-state index in [0.29, 0.717) is 6.54 Å². The van der Waals surface area contributed by atoms with Crippen molar-refractivity contribution in [3.8, 4) is 0 Å². The molecular weight excluding hydrogens is 278 g/mol. The van der Waals surface area contributed by atoms with Gasteiger partial charge in [-0.25, -0.2) is 4.79 Å². The predicted molar refractivity (Wildman–Crippen MR) is 65.1 cm³/mol. The Morgan fingerprint density at radius 3 is 2.80 bits per heavy atom. The molecule has 0 radical (unpaired) electrons. The predicted octanol–water partition coefficient (Wildman–Crippen LogP) is 3.49. The molecule has 0 saturated carbocycles. The number of amides is 1. The monoisotopic (exact) mass is 291 g/mol. The number of carbonyl (C=O) groups excluding carboxylic acids is 1. The summed E-state index contributed by atoms with van der Waals surface area (Å²) >= 11 is 4.99. The molecule has 0 N–H and O–H groups in total. The van der Waals surface area contributed by atoms with Crippen LogP contribution in [0.2, 0.25) is 0 Å². The van der Waals surface area contributed by atoms with E-state index in [-0.39, 0.29) is 12.2 Å². The maximum absolute atomic E-state index is 11.5. The van der Waals surface area contributed by atoms with Crippen molar-refractivity contribution in [2.45, 2.75) is 26.5 Å². The van der Waals surface area contributed by atoms with Gasteiger partial charge in [0.15, 0.2) is 0 Å². The second kappa shape index (κ2) is 5.51. The topological polar surface area (TPSA) is 29.5 Å². The van der Waals surface area contributed by atoms with Crippen LogP contribution in [0.25, 0.3) is 0 Å². The second-order valence-electron chi connectivity index (χ2n) is 3.52. The standard InChI is InChI=1S/C10H14BrNO2S/c1-7(2)14-10(13)12(3)5-9-4-8(11)6-15-9/h4,6-7H,5H2,1-3H3. The first kappa shape index (κ1) is 12.5. The molecule has 0 atom stereocenters. The average Bonchev–Trinajstić information content (AvgIpc) is 2.50. The van der Waals surface area contributed by atoms with E-state index in [4.69, 9.17) is 4.74 Å². The van der Waals surface area contributed by atoms with Gasteiger partial charge in [0.05, 0.1) is 12.6 Å². The van der Waals surface area contributed by atoms with Gasteiger partial charge in [-0.3, -0.25) is 0 Å². The lowest BCUT2D eigenvalue weighted by atomic mass is 10.4. The normalized spacial score (nSPS) is 10.5. The van der Waals surface area contributed by atoms with Gasteiger partial charge in [0.1, 0.15) is 0 Å². The van der Waals surface area contributed by atoms with Gasteiger partial charge in [-0.1, -0.05) is 0 Å². The van der Waals surface area contributed by atoms with Crippen LogP contribution in [0.15, 0.2) is 15.9 Å². The summed E-state index contributed by atoms with van der Waals surface area (Å²) in [5.41, 5.74) is 0. The Bertz CT molecular complexity index is 338. The van der Waals surface area contributed by atoms with E-state index in [0.717, 1.165) is 9.35 Å².